The quantitative estimate of drug-likeness (QED) is 0.592. The predicted molar refractivity (Wildman–Crippen MR) is 113 cm³/mol. The van der Waals surface area contributed by atoms with Crippen molar-refractivity contribution in [2.45, 2.75) is 36.8 Å². The maximum atomic E-state index is 12.9. The molecule has 168 valence electrons. The number of nitrogens with one attached hydrogen (secondary N) is 2. The Labute approximate surface area is 180 Å². The van der Waals surface area contributed by atoms with Crippen molar-refractivity contribution in [2.75, 3.05) is 36.4 Å². The van der Waals surface area contributed by atoms with E-state index in [0.717, 1.165) is 37.8 Å². The number of aryl methyl sites for hydroxylation is 1. The number of halogens is 2. The van der Waals surface area contributed by atoms with Gasteiger partial charge < -0.3 is 15.5 Å². The lowest BCUT2D eigenvalue weighted by atomic mass is 10.1. The Hall–Kier alpha value is -2.82. The molecule has 2 aromatic rings. The summed E-state index contributed by atoms with van der Waals surface area (Å²) in [5.74, 6) is -2.25. The first-order valence-corrected chi connectivity index (χ1v) is 11.6. The van der Waals surface area contributed by atoms with Gasteiger partial charge in [-0.3, -0.25) is 4.79 Å². The van der Waals surface area contributed by atoms with Gasteiger partial charge in [-0.05, 0) is 38.3 Å². The highest BCUT2D eigenvalue weighted by Crippen LogP contribution is 2.22. The number of sulfone groups is 1. The second-order valence-corrected chi connectivity index (χ2v) is 9.08. The molecule has 3 rings (SSSR count). The van der Waals surface area contributed by atoms with Gasteiger partial charge in [0, 0.05) is 32.2 Å². The molecule has 0 aliphatic carbocycles. The Bertz CT molecular complexity index is 1030. The number of nitrogens with zero attached hydrogens (tertiary/aromatic N) is 3. The molecule has 0 atom stereocenters. The van der Waals surface area contributed by atoms with Crippen molar-refractivity contribution in [2.24, 2.45) is 0 Å². The first kappa shape index (κ1) is 22.9. The molecule has 0 unspecified atom stereocenters. The van der Waals surface area contributed by atoms with Gasteiger partial charge in [-0.15, -0.1) is 0 Å². The van der Waals surface area contributed by atoms with Gasteiger partial charge in [-0.1, -0.05) is 12.1 Å². The fraction of sp³-hybridized carbons (Fsp3) is 0.450. The smallest absolute Gasteiger partial charge is 0.341 e. The van der Waals surface area contributed by atoms with Gasteiger partial charge in [0.2, 0.25) is 9.84 Å². The molecule has 11 heteroatoms. The van der Waals surface area contributed by atoms with Gasteiger partial charge in [0.25, 0.3) is 5.91 Å². The van der Waals surface area contributed by atoms with E-state index in [0.29, 0.717) is 18.2 Å². The van der Waals surface area contributed by atoms with E-state index in [1.165, 1.54) is 24.6 Å². The maximum Gasteiger partial charge on any atom is 0.341 e. The van der Waals surface area contributed by atoms with Crippen LogP contribution in [0.4, 0.5) is 20.4 Å². The largest absolute Gasteiger partial charge is 0.368 e. The van der Waals surface area contributed by atoms with Crippen LogP contribution >= 0.6 is 0 Å². The highest BCUT2D eigenvalue weighted by molar-refractivity contribution is 7.91. The zero-order valence-corrected chi connectivity index (χ0v) is 18.0. The summed E-state index contributed by atoms with van der Waals surface area (Å²) in [6, 6.07) is 6.77. The van der Waals surface area contributed by atoms with Crippen LogP contribution in [0.2, 0.25) is 0 Å². The van der Waals surface area contributed by atoms with E-state index < -0.39 is 26.4 Å². The van der Waals surface area contributed by atoms with Crippen LogP contribution in [0.5, 0.6) is 0 Å². The number of anilines is 2. The Kier molecular flexibility index (Phi) is 7.37. The Morgan fingerprint density at radius 2 is 1.84 bits per heavy atom. The average molecular weight is 454 g/mol. The van der Waals surface area contributed by atoms with Crippen LogP contribution in [0.3, 0.4) is 0 Å². The Morgan fingerprint density at radius 1 is 1.13 bits per heavy atom. The van der Waals surface area contributed by atoms with E-state index in [2.05, 4.69) is 25.5 Å². The minimum Gasteiger partial charge on any atom is -0.368 e. The summed E-state index contributed by atoms with van der Waals surface area (Å²) in [5.41, 5.74) is -0.312. The summed E-state index contributed by atoms with van der Waals surface area (Å²) in [7, 11) is -4.88. The van der Waals surface area contributed by atoms with Crippen LogP contribution in [0.1, 0.15) is 35.4 Å². The Balaban J connectivity index is 1.60. The van der Waals surface area contributed by atoms with Crippen molar-refractivity contribution in [3.63, 3.8) is 0 Å². The second kappa shape index (κ2) is 9.99. The molecule has 1 saturated heterocycles. The molecule has 1 aliphatic heterocycles. The van der Waals surface area contributed by atoms with Crippen molar-refractivity contribution in [3.05, 3.63) is 41.7 Å². The zero-order valence-electron chi connectivity index (χ0n) is 17.1. The number of benzene rings is 1. The lowest BCUT2D eigenvalue weighted by Crippen LogP contribution is -2.31. The lowest BCUT2D eigenvalue weighted by molar-refractivity contribution is 0.0951. The number of alkyl halides is 2. The highest BCUT2D eigenvalue weighted by atomic mass is 32.2. The Morgan fingerprint density at radius 3 is 2.55 bits per heavy atom. The topological polar surface area (TPSA) is 104 Å². The molecular formula is C20H25F2N5O3S. The molecule has 2 heterocycles. The molecule has 0 bridgehead atoms. The first-order chi connectivity index (χ1) is 14.8. The number of hydrogen-bond donors (Lipinski definition) is 2. The van der Waals surface area contributed by atoms with E-state index in [9.17, 15) is 22.0 Å². The molecule has 0 spiro atoms. The third-order valence-electron chi connectivity index (χ3n) is 4.89. The van der Waals surface area contributed by atoms with Crippen molar-refractivity contribution in [1.82, 2.24) is 15.3 Å². The lowest BCUT2D eigenvalue weighted by Gasteiger charge is -2.28. The fourth-order valence-electron chi connectivity index (χ4n) is 3.39. The number of carbonyl (C=O) groups excluding carboxylic acids is 1. The van der Waals surface area contributed by atoms with E-state index >= 15 is 0 Å². The molecule has 8 nitrogen and oxygen atoms in total. The monoisotopic (exact) mass is 453 g/mol. The number of rotatable bonds is 8. The summed E-state index contributed by atoms with van der Waals surface area (Å²) in [5, 5.41) is 5.65. The fourth-order valence-corrected chi connectivity index (χ4v) is 4.32. The second-order valence-electron chi connectivity index (χ2n) is 7.19. The molecule has 31 heavy (non-hydrogen) atoms. The van der Waals surface area contributed by atoms with E-state index in [-0.39, 0.29) is 12.1 Å². The standard InChI is InChI=1S/C20H25F2N5O3S/c1-14-25-17(13-18(26-14)27-11-5-2-6-12-27)23-9-10-24-19(28)15-7-3-4-8-16(15)31(29,30)20(21)22/h3-4,7-8,13,20H,2,5-6,9-12H2,1H3,(H,24,28)(H,23,25,26). The third-order valence-corrected chi connectivity index (χ3v) is 6.33. The molecule has 2 N–H and O–H groups in total. The van der Waals surface area contributed by atoms with Crippen molar-refractivity contribution >= 4 is 27.4 Å². The summed E-state index contributed by atoms with van der Waals surface area (Å²) >= 11 is 0. The summed E-state index contributed by atoms with van der Waals surface area (Å²) < 4.78 is 49.4. The van der Waals surface area contributed by atoms with E-state index in [1.54, 1.807) is 6.92 Å². The zero-order chi connectivity index (χ0) is 22.4. The maximum absolute atomic E-state index is 12.9. The minimum absolute atomic E-state index is 0.143. The van der Waals surface area contributed by atoms with Gasteiger partial charge in [0.05, 0.1) is 10.5 Å². The number of piperidine rings is 1. The first-order valence-electron chi connectivity index (χ1n) is 10.0. The molecule has 0 saturated carbocycles. The van der Waals surface area contributed by atoms with Crippen molar-refractivity contribution in [3.8, 4) is 0 Å². The van der Waals surface area contributed by atoms with Crippen LogP contribution in [-0.2, 0) is 9.84 Å². The number of hydrogen-bond acceptors (Lipinski definition) is 7. The van der Waals surface area contributed by atoms with E-state index in [1.807, 2.05) is 6.07 Å². The number of amides is 1. The predicted octanol–water partition coefficient (Wildman–Crippen LogP) is 2.61. The minimum atomic E-state index is -4.88. The van der Waals surface area contributed by atoms with Crippen LogP contribution in [0, 0.1) is 6.92 Å². The molecule has 1 aromatic heterocycles. The van der Waals surface area contributed by atoms with Gasteiger partial charge >= 0.3 is 5.76 Å². The molecule has 0 radical (unpaired) electrons. The van der Waals surface area contributed by atoms with Crippen molar-refractivity contribution < 1.29 is 22.0 Å². The SMILES string of the molecule is Cc1nc(NCCNC(=O)c2ccccc2S(=O)(=O)C(F)F)cc(N2CCCCC2)n1. The molecule has 1 aromatic carbocycles. The summed E-state index contributed by atoms with van der Waals surface area (Å²) in [6.07, 6.45) is 3.47. The van der Waals surface area contributed by atoms with Crippen LogP contribution in [0.25, 0.3) is 0 Å². The van der Waals surface area contributed by atoms with Gasteiger partial charge in [0.1, 0.15) is 17.5 Å². The van der Waals surface area contributed by atoms with Crippen LogP contribution in [0.15, 0.2) is 35.2 Å². The van der Waals surface area contributed by atoms with Gasteiger partial charge in [0.15, 0.2) is 0 Å². The summed E-state index contributed by atoms with van der Waals surface area (Å²) in [6.45, 7) is 4.16. The van der Waals surface area contributed by atoms with E-state index in [4.69, 9.17) is 0 Å². The van der Waals surface area contributed by atoms with Gasteiger partial charge in [-0.2, -0.15) is 8.78 Å². The van der Waals surface area contributed by atoms with Gasteiger partial charge in [-0.25, -0.2) is 18.4 Å². The highest BCUT2D eigenvalue weighted by Gasteiger charge is 2.30. The van der Waals surface area contributed by atoms with Crippen molar-refractivity contribution in [1.29, 1.82) is 0 Å². The van der Waals surface area contributed by atoms with Crippen LogP contribution in [-0.4, -0.2) is 56.2 Å². The summed E-state index contributed by atoms with van der Waals surface area (Å²) in [4.78, 5) is 22.7. The average Bonchev–Trinajstić information content (AvgIpc) is 2.76. The number of carbonyl (C=O) groups is 1. The molecule has 1 aliphatic rings. The van der Waals surface area contributed by atoms with Crippen LogP contribution < -0.4 is 15.5 Å². The normalized spacial score (nSPS) is 14.5. The third kappa shape index (κ3) is 5.66. The molecule has 1 amide bonds. The number of aromatic nitrogens is 2. The molecular weight excluding hydrogens is 428 g/mol. The molecule has 1 fully saturated rings.